The summed E-state index contributed by atoms with van der Waals surface area (Å²) in [6.45, 7) is 5.22. The number of nitro groups is 1. The molecule has 8 nitrogen and oxygen atoms in total. The number of piperidine rings is 1. The van der Waals surface area contributed by atoms with Crippen LogP contribution >= 0.6 is 0 Å². The molecule has 0 spiro atoms. The van der Waals surface area contributed by atoms with E-state index in [0.29, 0.717) is 36.2 Å². The zero-order chi connectivity index (χ0) is 20.3. The fourth-order valence-electron chi connectivity index (χ4n) is 3.51. The average Bonchev–Trinajstić information content (AvgIpc) is 3.15. The average molecular weight is 386 g/mol. The van der Waals surface area contributed by atoms with Crippen molar-refractivity contribution in [3.05, 3.63) is 52.3 Å². The summed E-state index contributed by atoms with van der Waals surface area (Å²) in [5, 5.41) is 10.7. The van der Waals surface area contributed by atoms with Crippen LogP contribution in [0.2, 0.25) is 0 Å². The number of ether oxygens (including phenoxy) is 1. The van der Waals surface area contributed by atoms with Crippen molar-refractivity contribution in [1.82, 2.24) is 4.90 Å². The van der Waals surface area contributed by atoms with Crippen LogP contribution < -0.4 is 0 Å². The largest absolute Gasteiger partial charge is 0.450 e. The molecule has 1 fully saturated rings. The van der Waals surface area contributed by atoms with E-state index in [1.54, 1.807) is 11.0 Å². The highest BCUT2D eigenvalue weighted by Crippen LogP contribution is 2.25. The monoisotopic (exact) mass is 386 g/mol. The molecule has 3 rings (SSSR count). The van der Waals surface area contributed by atoms with Crippen LogP contribution in [0.3, 0.4) is 0 Å². The zero-order valence-corrected chi connectivity index (χ0v) is 15.8. The molecule has 1 amide bonds. The van der Waals surface area contributed by atoms with Crippen LogP contribution in [0.15, 0.2) is 40.8 Å². The number of non-ortho nitro benzene ring substituents is 1. The Balaban J connectivity index is 1.58. The van der Waals surface area contributed by atoms with Gasteiger partial charge in [0.05, 0.1) is 4.92 Å². The number of carbonyl (C=O) groups excluding carboxylic acids is 2. The number of esters is 1. The van der Waals surface area contributed by atoms with Crippen molar-refractivity contribution < 1.29 is 23.7 Å². The highest BCUT2D eigenvalue weighted by Gasteiger charge is 2.26. The number of benzene rings is 1. The van der Waals surface area contributed by atoms with Crippen LogP contribution in [0, 0.1) is 22.0 Å². The Labute approximate surface area is 162 Å². The molecule has 0 aliphatic carbocycles. The molecule has 1 aromatic heterocycles. The standard InChI is InChI=1S/C20H22N2O6/c1-13-9-14(2)11-21(10-13)19(23)12-27-20(24)18-8-7-17(28-18)15-3-5-16(6-4-15)22(25)26/h3-8,13-14H,9-12H2,1-2H3/t13-,14-/m0/s1. The van der Waals surface area contributed by atoms with Gasteiger partial charge < -0.3 is 14.1 Å². The minimum Gasteiger partial charge on any atom is -0.450 e. The van der Waals surface area contributed by atoms with E-state index < -0.39 is 10.9 Å². The molecule has 1 aliphatic heterocycles. The van der Waals surface area contributed by atoms with Gasteiger partial charge in [0.25, 0.3) is 11.6 Å². The number of hydrogen-bond acceptors (Lipinski definition) is 6. The highest BCUT2D eigenvalue weighted by atomic mass is 16.6. The molecular formula is C20H22N2O6. The molecule has 1 aliphatic rings. The van der Waals surface area contributed by atoms with E-state index in [-0.39, 0.29) is 24.0 Å². The Bertz CT molecular complexity index is 863. The maximum absolute atomic E-state index is 12.3. The maximum atomic E-state index is 12.3. The molecule has 8 heteroatoms. The fraction of sp³-hybridized carbons (Fsp3) is 0.400. The van der Waals surface area contributed by atoms with Gasteiger partial charge in [-0.1, -0.05) is 13.8 Å². The molecule has 0 bridgehead atoms. The van der Waals surface area contributed by atoms with Crippen molar-refractivity contribution in [2.45, 2.75) is 20.3 Å². The second-order valence-corrected chi connectivity index (χ2v) is 7.29. The molecule has 1 saturated heterocycles. The van der Waals surface area contributed by atoms with Crippen molar-refractivity contribution in [2.24, 2.45) is 11.8 Å². The molecule has 2 atom stereocenters. The van der Waals surface area contributed by atoms with Crippen LogP contribution in [0.5, 0.6) is 0 Å². The summed E-state index contributed by atoms with van der Waals surface area (Å²) in [6.07, 6.45) is 1.08. The van der Waals surface area contributed by atoms with Gasteiger partial charge in [-0.05, 0) is 42.5 Å². The lowest BCUT2D eigenvalue weighted by Crippen LogP contribution is -2.44. The molecule has 2 heterocycles. The molecular weight excluding hydrogens is 364 g/mol. The number of likely N-dealkylation sites (tertiary alicyclic amines) is 1. The Kier molecular flexibility index (Phi) is 5.77. The fourth-order valence-corrected chi connectivity index (χ4v) is 3.51. The first-order valence-corrected chi connectivity index (χ1v) is 9.13. The Hall–Kier alpha value is -3.16. The summed E-state index contributed by atoms with van der Waals surface area (Å²) in [4.78, 5) is 36.4. The van der Waals surface area contributed by atoms with Gasteiger partial charge in [-0.25, -0.2) is 4.79 Å². The molecule has 1 aromatic carbocycles. The molecule has 0 radical (unpaired) electrons. The third-order valence-electron chi connectivity index (χ3n) is 4.72. The third-order valence-corrected chi connectivity index (χ3v) is 4.72. The molecule has 148 valence electrons. The number of nitrogens with zero attached hydrogens (tertiary/aromatic N) is 2. The minimum absolute atomic E-state index is 0.0264. The van der Waals surface area contributed by atoms with E-state index in [2.05, 4.69) is 13.8 Å². The van der Waals surface area contributed by atoms with Crippen LogP contribution in [-0.2, 0) is 9.53 Å². The third kappa shape index (κ3) is 4.57. The number of rotatable bonds is 5. The van der Waals surface area contributed by atoms with Crippen LogP contribution in [-0.4, -0.2) is 41.4 Å². The van der Waals surface area contributed by atoms with E-state index in [1.165, 1.54) is 30.3 Å². The van der Waals surface area contributed by atoms with E-state index in [1.807, 2.05) is 0 Å². The van der Waals surface area contributed by atoms with Crippen molar-refractivity contribution in [1.29, 1.82) is 0 Å². The van der Waals surface area contributed by atoms with Gasteiger partial charge >= 0.3 is 5.97 Å². The van der Waals surface area contributed by atoms with Gasteiger partial charge in [-0.3, -0.25) is 14.9 Å². The second-order valence-electron chi connectivity index (χ2n) is 7.29. The van der Waals surface area contributed by atoms with Gasteiger partial charge in [0.1, 0.15) is 5.76 Å². The lowest BCUT2D eigenvalue weighted by molar-refractivity contribution is -0.384. The Morgan fingerprint density at radius 3 is 2.39 bits per heavy atom. The lowest BCUT2D eigenvalue weighted by Gasteiger charge is -2.34. The smallest absolute Gasteiger partial charge is 0.374 e. The number of nitro benzene ring substituents is 1. The lowest BCUT2D eigenvalue weighted by atomic mass is 9.92. The predicted molar refractivity (Wildman–Crippen MR) is 101 cm³/mol. The highest BCUT2D eigenvalue weighted by molar-refractivity contribution is 5.89. The first-order valence-electron chi connectivity index (χ1n) is 9.13. The molecule has 0 unspecified atom stereocenters. The van der Waals surface area contributed by atoms with Gasteiger partial charge in [0, 0.05) is 30.8 Å². The summed E-state index contributed by atoms with van der Waals surface area (Å²) >= 11 is 0. The van der Waals surface area contributed by atoms with Crippen LogP contribution in [0.25, 0.3) is 11.3 Å². The number of furan rings is 1. The summed E-state index contributed by atoms with van der Waals surface area (Å²) in [7, 11) is 0. The van der Waals surface area contributed by atoms with Crippen molar-refractivity contribution in [3.8, 4) is 11.3 Å². The minimum atomic E-state index is -0.723. The summed E-state index contributed by atoms with van der Waals surface area (Å²) in [5.41, 5.74) is 0.562. The zero-order valence-electron chi connectivity index (χ0n) is 15.8. The van der Waals surface area contributed by atoms with Crippen LogP contribution in [0.1, 0.15) is 30.8 Å². The number of hydrogen-bond donors (Lipinski definition) is 0. The number of amides is 1. The molecule has 28 heavy (non-hydrogen) atoms. The van der Waals surface area contributed by atoms with E-state index in [9.17, 15) is 19.7 Å². The first kappa shape index (κ1) is 19.6. The van der Waals surface area contributed by atoms with Crippen LogP contribution in [0.4, 0.5) is 5.69 Å². The summed E-state index contributed by atoms with van der Waals surface area (Å²) in [5.74, 6) is 0.275. The molecule has 0 N–H and O–H groups in total. The Morgan fingerprint density at radius 1 is 1.14 bits per heavy atom. The van der Waals surface area contributed by atoms with Gasteiger partial charge in [0.15, 0.2) is 6.61 Å². The van der Waals surface area contributed by atoms with Crippen molar-refractivity contribution in [3.63, 3.8) is 0 Å². The molecule has 0 saturated carbocycles. The van der Waals surface area contributed by atoms with Crippen molar-refractivity contribution in [2.75, 3.05) is 19.7 Å². The first-order chi connectivity index (χ1) is 13.3. The van der Waals surface area contributed by atoms with Gasteiger partial charge in [-0.15, -0.1) is 0 Å². The van der Waals surface area contributed by atoms with Crippen molar-refractivity contribution >= 4 is 17.6 Å². The van der Waals surface area contributed by atoms with Gasteiger partial charge in [0.2, 0.25) is 5.76 Å². The summed E-state index contributed by atoms with van der Waals surface area (Å²) in [6, 6.07) is 8.81. The van der Waals surface area contributed by atoms with E-state index in [0.717, 1.165) is 6.42 Å². The Morgan fingerprint density at radius 2 is 1.79 bits per heavy atom. The summed E-state index contributed by atoms with van der Waals surface area (Å²) < 4.78 is 10.6. The van der Waals surface area contributed by atoms with E-state index >= 15 is 0 Å². The van der Waals surface area contributed by atoms with E-state index in [4.69, 9.17) is 9.15 Å². The SMILES string of the molecule is C[C@H]1C[C@H](C)CN(C(=O)COC(=O)c2ccc(-c3ccc([N+](=O)[O-])cc3)o2)C1. The second kappa shape index (κ2) is 8.24. The normalized spacial score (nSPS) is 19.3. The quantitative estimate of drug-likeness (QED) is 0.442. The van der Waals surface area contributed by atoms with Gasteiger partial charge in [-0.2, -0.15) is 0 Å². The number of carbonyl (C=O) groups is 2. The molecule has 2 aromatic rings. The maximum Gasteiger partial charge on any atom is 0.374 e. The topological polar surface area (TPSA) is 103 Å². The predicted octanol–water partition coefficient (Wildman–Crippen LogP) is 3.52.